The second kappa shape index (κ2) is 6.35. The van der Waals surface area contributed by atoms with Gasteiger partial charge in [0.1, 0.15) is 5.56 Å². The van der Waals surface area contributed by atoms with E-state index in [2.05, 4.69) is 26.9 Å². The van der Waals surface area contributed by atoms with E-state index in [9.17, 15) is 14.0 Å². The Bertz CT molecular complexity index is 532. The van der Waals surface area contributed by atoms with Crippen LogP contribution >= 0.6 is 0 Å². The summed E-state index contributed by atoms with van der Waals surface area (Å²) >= 11 is 0. The van der Waals surface area contributed by atoms with Crippen LogP contribution < -0.4 is 5.32 Å². The van der Waals surface area contributed by atoms with E-state index in [1.807, 2.05) is 0 Å². The minimum atomic E-state index is -0.908. The molecular weight excluding hydrogens is 239 g/mol. The number of halogens is 1. The van der Waals surface area contributed by atoms with Gasteiger partial charge in [0.05, 0.1) is 13.7 Å². The normalized spacial score (nSPS) is 9.06. The van der Waals surface area contributed by atoms with E-state index >= 15 is 0 Å². The number of carbonyl (C=O) groups excluding carboxylic acids is 2. The summed E-state index contributed by atoms with van der Waals surface area (Å²) in [6, 6.07) is 1.24. The molecule has 1 aromatic heterocycles. The van der Waals surface area contributed by atoms with E-state index in [1.54, 1.807) is 0 Å². The van der Waals surface area contributed by atoms with Crippen LogP contribution in [0.2, 0.25) is 0 Å². The number of nitrogens with zero attached hydrogens (tertiary/aromatic N) is 1. The van der Waals surface area contributed by atoms with Crippen molar-refractivity contribution in [1.29, 1.82) is 0 Å². The third kappa shape index (κ3) is 3.87. The van der Waals surface area contributed by atoms with Gasteiger partial charge >= 0.3 is 5.97 Å². The molecule has 0 spiro atoms. The topological polar surface area (TPSA) is 68.3 Å². The van der Waals surface area contributed by atoms with Crippen LogP contribution in [0.4, 0.5) is 4.39 Å². The molecule has 1 amide bonds. The molecule has 6 heteroatoms. The van der Waals surface area contributed by atoms with Gasteiger partial charge in [-0.2, -0.15) is 4.39 Å². The number of rotatable bonds is 2. The fourth-order valence-corrected chi connectivity index (χ4v) is 1.08. The molecule has 0 aliphatic carbocycles. The Balaban J connectivity index is 2.85. The predicted molar refractivity (Wildman–Crippen MR) is 61.1 cm³/mol. The Morgan fingerprint density at radius 1 is 1.56 bits per heavy atom. The summed E-state index contributed by atoms with van der Waals surface area (Å²) in [5.41, 5.74) is 0.0889. The van der Waals surface area contributed by atoms with Gasteiger partial charge in [-0.05, 0) is 6.07 Å². The van der Waals surface area contributed by atoms with E-state index in [0.717, 1.165) is 7.11 Å². The summed E-state index contributed by atoms with van der Waals surface area (Å²) in [7, 11) is 1.15. The van der Waals surface area contributed by atoms with Crippen LogP contribution in [-0.2, 0) is 9.53 Å². The van der Waals surface area contributed by atoms with Gasteiger partial charge in [0, 0.05) is 18.7 Å². The maximum Gasteiger partial charge on any atom is 0.342 e. The zero-order valence-corrected chi connectivity index (χ0v) is 9.91. The maximum absolute atomic E-state index is 13.2. The Morgan fingerprint density at radius 3 is 2.89 bits per heavy atom. The Labute approximate surface area is 103 Å². The van der Waals surface area contributed by atoms with Gasteiger partial charge in [0.25, 0.3) is 0 Å². The minimum absolute atomic E-state index is 0.167. The van der Waals surface area contributed by atoms with Crippen molar-refractivity contribution in [2.45, 2.75) is 6.92 Å². The lowest BCUT2D eigenvalue weighted by molar-refractivity contribution is -0.118. The zero-order chi connectivity index (χ0) is 13.5. The van der Waals surface area contributed by atoms with Crippen molar-refractivity contribution in [1.82, 2.24) is 10.3 Å². The van der Waals surface area contributed by atoms with Crippen LogP contribution in [0.25, 0.3) is 0 Å². The smallest absolute Gasteiger partial charge is 0.342 e. The molecule has 0 saturated carbocycles. The van der Waals surface area contributed by atoms with Crippen molar-refractivity contribution in [3.63, 3.8) is 0 Å². The van der Waals surface area contributed by atoms with Crippen LogP contribution in [0, 0.1) is 17.8 Å². The largest absolute Gasteiger partial charge is 0.465 e. The lowest BCUT2D eigenvalue weighted by atomic mass is 10.2. The molecule has 0 atom stereocenters. The molecule has 0 fully saturated rings. The molecule has 18 heavy (non-hydrogen) atoms. The average molecular weight is 250 g/mol. The molecule has 0 aliphatic heterocycles. The van der Waals surface area contributed by atoms with E-state index in [-0.39, 0.29) is 18.0 Å². The number of nitrogens with one attached hydrogen (secondary N) is 1. The van der Waals surface area contributed by atoms with Crippen LogP contribution in [0.5, 0.6) is 0 Å². The quantitative estimate of drug-likeness (QED) is 0.471. The van der Waals surface area contributed by atoms with Gasteiger partial charge in [-0.1, -0.05) is 11.8 Å². The summed E-state index contributed by atoms with van der Waals surface area (Å²) in [6.07, 6.45) is 1.20. The molecule has 1 heterocycles. The van der Waals surface area contributed by atoms with Gasteiger partial charge in [0.15, 0.2) is 0 Å². The van der Waals surface area contributed by atoms with Crippen molar-refractivity contribution >= 4 is 11.9 Å². The summed E-state index contributed by atoms with van der Waals surface area (Å²) in [5.74, 6) is 3.37. The molecule has 0 aliphatic rings. The van der Waals surface area contributed by atoms with Crippen molar-refractivity contribution in [3.05, 3.63) is 29.3 Å². The first-order chi connectivity index (χ1) is 8.54. The highest BCUT2D eigenvalue weighted by Gasteiger charge is 2.13. The number of methoxy groups -OCH3 is 1. The molecule has 0 unspecified atom stereocenters. The Morgan fingerprint density at radius 2 is 2.28 bits per heavy atom. The molecular formula is C12H11FN2O3. The molecule has 94 valence electrons. The van der Waals surface area contributed by atoms with Gasteiger partial charge in [-0.15, -0.1) is 0 Å². The molecule has 0 saturated heterocycles. The highest BCUT2D eigenvalue weighted by molar-refractivity contribution is 5.89. The van der Waals surface area contributed by atoms with Gasteiger partial charge in [0.2, 0.25) is 11.9 Å². The second-order valence-electron chi connectivity index (χ2n) is 3.27. The summed E-state index contributed by atoms with van der Waals surface area (Å²) < 4.78 is 17.6. The first kappa shape index (κ1) is 13.6. The van der Waals surface area contributed by atoms with Gasteiger partial charge in [-0.25, -0.2) is 9.78 Å². The number of carbonyl (C=O) groups is 2. The molecule has 0 aromatic carbocycles. The zero-order valence-electron chi connectivity index (χ0n) is 9.91. The predicted octanol–water partition coefficient (Wildman–Crippen LogP) is 0.495. The maximum atomic E-state index is 13.2. The first-order valence-electron chi connectivity index (χ1n) is 5.01. The molecule has 1 N–H and O–H groups in total. The Hall–Kier alpha value is -2.42. The highest BCUT2D eigenvalue weighted by atomic mass is 19.1. The number of aromatic nitrogens is 1. The lowest BCUT2D eigenvalue weighted by Crippen LogP contribution is -2.19. The van der Waals surface area contributed by atoms with Crippen molar-refractivity contribution in [2.24, 2.45) is 0 Å². The Kier molecular flexibility index (Phi) is 4.81. The van der Waals surface area contributed by atoms with Gasteiger partial charge in [-0.3, -0.25) is 4.79 Å². The monoisotopic (exact) mass is 250 g/mol. The standard InChI is InChI=1S/C12H11FN2O3/c1-8(16)14-5-3-4-9-6-10(12(17)18-2)11(13)15-7-9/h6-7H,5H2,1-2H3,(H,14,16). The lowest BCUT2D eigenvalue weighted by Gasteiger charge is -2.00. The fraction of sp³-hybridized carbons (Fsp3) is 0.250. The minimum Gasteiger partial charge on any atom is -0.465 e. The van der Waals surface area contributed by atoms with Crippen LogP contribution in [0.3, 0.4) is 0 Å². The molecule has 0 bridgehead atoms. The summed E-state index contributed by atoms with van der Waals surface area (Å²) in [4.78, 5) is 25.2. The average Bonchev–Trinajstić information content (AvgIpc) is 2.35. The summed E-state index contributed by atoms with van der Waals surface area (Å²) in [6.45, 7) is 1.54. The number of ether oxygens (including phenoxy) is 1. The number of esters is 1. The van der Waals surface area contributed by atoms with Crippen molar-refractivity contribution in [3.8, 4) is 11.8 Å². The van der Waals surface area contributed by atoms with Gasteiger partial charge < -0.3 is 10.1 Å². The molecule has 5 nitrogen and oxygen atoms in total. The third-order valence-electron chi connectivity index (χ3n) is 1.90. The van der Waals surface area contributed by atoms with E-state index in [1.165, 1.54) is 19.2 Å². The van der Waals surface area contributed by atoms with E-state index in [0.29, 0.717) is 5.56 Å². The SMILES string of the molecule is COC(=O)c1cc(C#CCNC(C)=O)cnc1F. The molecule has 1 aromatic rings. The number of hydrogen-bond donors (Lipinski definition) is 1. The van der Waals surface area contributed by atoms with Crippen LogP contribution in [0.15, 0.2) is 12.3 Å². The summed E-state index contributed by atoms with van der Waals surface area (Å²) in [5, 5.41) is 2.48. The highest BCUT2D eigenvalue weighted by Crippen LogP contribution is 2.08. The van der Waals surface area contributed by atoms with Crippen molar-refractivity contribution in [2.75, 3.05) is 13.7 Å². The third-order valence-corrected chi connectivity index (χ3v) is 1.90. The van der Waals surface area contributed by atoms with E-state index < -0.39 is 11.9 Å². The molecule has 0 radical (unpaired) electrons. The number of hydrogen-bond acceptors (Lipinski definition) is 4. The number of pyridine rings is 1. The second-order valence-corrected chi connectivity index (χ2v) is 3.27. The van der Waals surface area contributed by atoms with Crippen molar-refractivity contribution < 1.29 is 18.7 Å². The molecule has 1 rings (SSSR count). The number of amides is 1. The van der Waals surface area contributed by atoms with Crippen LogP contribution in [-0.4, -0.2) is 30.5 Å². The fourth-order valence-electron chi connectivity index (χ4n) is 1.08. The van der Waals surface area contributed by atoms with E-state index in [4.69, 9.17) is 0 Å². The van der Waals surface area contributed by atoms with Crippen LogP contribution in [0.1, 0.15) is 22.8 Å². The first-order valence-corrected chi connectivity index (χ1v) is 5.01.